The van der Waals surface area contributed by atoms with Crippen LogP contribution < -0.4 is 14.5 Å². The van der Waals surface area contributed by atoms with Gasteiger partial charge in [-0.15, -0.1) is 0 Å². The van der Waals surface area contributed by atoms with Gasteiger partial charge in [-0.1, -0.05) is 29.8 Å². The predicted octanol–water partition coefficient (Wildman–Crippen LogP) is 3.49. The van der Waals surface area contributed by atoms with E-state index in [4.69, 9.17) is 4.74 Å². The SMILES string of the molecule is COc1ccccc1N1CCN(C(=O)[C@@H](C)N2CCCc3cc(C)ccc32)CC1. The van der Waals surface area contributed by atoms with E-state index in [1.54, 1.807) is 7.11 Å². The summed E-state index contributed by atoms with van der Waals surface area (Å²) in [5.74, 6) is 1.12. The Morgan fingerprint density at radius 1 is 1.00 bits per heavy atom. The van der Waals surface area contributed by atoms with E-state index in [2.05, 4.69) is 47.9 Å². The highest BCUT2D eigenvalue weighted by Crippen LogP contribution is 2.31. The van der Waals surface area contributed by atoms with Crippen LogP contribution in [0.4, 0.5) is 11.4 Å². The van der Waals surface area contributed by atoms with E-state index in [0.29, 0.717) is 0 Å². The third-order valence-corrected chi connectivity index (χ3v) is 6.23. The number of methoxy groups -OCH3 is 1. The van der Waals surface area contributed by atoms with Crippen LogP contribution in [0.25, 0.3) is 0 Å². The Morgan fingerprint density at radius 2 is 1.76 bits per heavy atom. The molecule has 2 aliphatic heterocycles. The molecule has 1 saturated heterocycles. The molecule has 1 atom stereocenters. The molecule has 0 aromatic heterocycles. The van der Waals surface area contributed by atoms with Crippen molar-refractivity contribution in [3.05, 3.63) is 53.6 Å². The lowest BCUT2D eigenvalue weighted by Gasteiger charge is -2.41. The van der Waals surface area contributed by atoms with Crippen molar-refractivity contribution >= 4 is 17.3 Å². The van der Waals surface area contributed by atoms with Crippen molar-refractivity contribution in [2.24, 2.45) is 0 Å². The quantitative estimate of drug-likeness (QED) is 0.797. The normalized spacial score (nSPS) is 17.7. The van der Waals surface area contributed by atoms with Gasteiger partial charge in [-0.05, 0) is 50.5 Å². The van der Waals surface area contributed by atoms with Gasteiger partial charge in [-0.2, -0.15) is 0 Å². The Bertz CT molecular complexity index is 874. The number of benzene rings is 2. The minimum absolute atomic E-state index is 0.130. The highest BCUT2D eigenvalue weighted by atomic mass is 16.5. The number of rotatable bonds is 4. The van der Waals surface area contributed by atoms with Crippen LogP contribution in [0.5, 0.6) is 5.75 Å². The molecule has 0 N–H and O–H groups in total. The van der Waals surface area contributed by atoms with Gasteiger partial charge in [0.05, 0.1) is 12.8 Å². The average Bonchev–Trinajstić information content (AvgIpc) is 2.77. The fourth-order valence-corrected chi connectivity index (χ4v) is 4.61. The Morgan fingerprint density at radius 3 is 2.52 bits per heavy atom. The summed E-state index contributed by atoms with van der Waals surface area (Å²) in [6.45, 7) is 8.29. The third kappa shape index (κ3) is 3.91. The van der Waals surface area contributed by atoms with E-state index in [9.17, 15) is 4.79 Å². The Labute approximate surface area is 173 Å². The molecule has 0 saturated carbocycles. The largest absolute Gasteiger partial charge is 0.495 e. The monoisotopic (exact) mass is 393 g/mol. The number of amides is 1. The van der Waals surface area contributed by atoms with Gasteiger partial charge in [0.25, 0.3) is 0 Å². The molecule has 154 valence electrons. The lowest BCUT2D eigenvalue weighted by molar-refractivity contribution is -0.132. The Hall–Kier alpha value is -2.69. The molecule has 1 fully saturated rings. The van der Waals surface area contributed by atoms with Crippen LogP contribution in [0.3, 0.4) is 0 Å². The molecule has 0 aliphatic carbocycles. The first-order valence-electron chi connectivity index (χ1n) is 10.6. The second-order valence-electron chi connectivity index (χ2n) is 8.09. The van der Waals surface area contributed by atoms with Crippen LogP contribution in [-0.2, 0) is 11.2 Å². The van der Waals surface area contributed by atoms with Gasteiger partial charge < -0.3 is 19.4 Å². The fourth-order valence-electron chi connectivity index (χ4n) is 4.61. The first-order valence-corrected chi connectivity index (χ1v) is 10.6. The van der Waals surface area contributed by atoms with E-state index in [-0.39, 0.29) is 11.9 Å². The smallest absolute Gasteiger partial charge is 0.245 e. The minimum atomic E-state index is -0.130. The first-order chi connectivity index (χ1) is 14.1. The summed E-state index contributed by atoms with van der Waals surface area (Å²) in [6, 6.07) is 14.6. The van der Waals surface area contributed by atoms with Crippen molar-refractivity contribution in [1.29, 1.82) is 0 Å². The van der Waals surface area contributed by atoms with E-state index >= 15 is 0 Å². The van der Waals surface area contributed by atoms with Crippen LogP contribution in [-0.4, -0.2) is 56.7 Å². The van der Waals surface area contributed by atoms with Crippen molar-refractivity contribution in [3.8, 4) is 5.75 Å². The maximum absolute atomic E-state index is 13.3. The van der Waals surface area contributed by atoms with E-state index in [1.807, 2.05) is 23.1 Å². The molecule has 2 heterocycles. The maximum Gasteiger partial charge on any atom is 0.245 e. The maximum atomic E-state index is 13.3. The molecule has 29 heavy (non-hydrogen) atoms. The molecule has 2 aliphatic rings. The summed E-state index contributed by atoms with van der Waals surface area (Å²) < 4.78 is 5.50. The second kappa shape index (κ2) is 8.36. The number of hydrogen-bond donors (Lipinski definition) is 0. The van der Waals surface area contributed by atoms with Crippen LogP contribution in [0, 0.1) is 6.92 Å². The number of aryl methyl sites for hydroxylation is 2. The average molecular weight is 394 g/mol. The van der Waals surface area contributed by atoms with Gasteiger partial charge in [0.15, 0.2) is 0 Å². The summed E-state index contributed by atoms with van der Waals surface area (Å²) in [5, 5.41) is 0. The summed E-state index contributed by atoms with van der Waals surface area (Å²) in [4.78, 5) is 19.9. The summed E-state index contributed by atoms with van der Waals surface area (Å²) in [5.41, 5.74) is 5.00. The van der Waals surface area contributed by atoms with Crippen LogP contribution in [0.2, 0.25) is 0 Å². The number of fused-ring (bicyclic) bond motifs is 1. The number of nitrogens with zero attached hydrogens (tertiary/aromatic N) is 3. The molecule has 0 spiro atoms. The van der Waals surface area contributed by atoms with Crippen molar-refractivity contribution in [1.82, 2.24) is 4.90 Å². The molecule has 0 bridgehead atoms. The van der Waals surface area contributed by atoms with Crippen LogP contribution >= 0.6 is 0 Å². The second-order valence-corrected chi connectivity index (χ2v) is 8.09. The molecule has 1 amide bonds. The predicted molar refractivity (Wildman–Crippen MR) is 118 cm³/mol. The lowest BCUT2D eigenvalue weighted by Crippen LogP contribution is -2.55. The van der Waals surface area contributed by atoms with Gasteiger partial charge in [-0.25, -0.2) is 0 Å². The van der Waals surface area contributed by atoms with Crippen LogP contribution in [0.15, 0.2) is 42.5 Å². The van der Waals surface area contributed by atoms with Gasteiger partial charge in [-0.3, -0.25) is 4.79 Å². The van der Waals surface area contributed by atoms with Crippen LogP contribution in [0.1, 0.15) is 24.5 Å². The Balaban J connectivity index is 1.43. The topological polar surface area (TPSA) is 36.0 Å². The summed E-state index contributed by atoms with van der Waals surface area (Å²) in [6.07, 6.45) is 2.21. The van der Waals surface area contributed by atoms with Gasteiger partial charge in [0.1, 0.15) is 11.8 Å². The minimum Gasteiger partial charge on any atom is -0.495 e. The number of carbonyl (C=O) groups is 1. The fraction of sp³-hybridized carbons (Fsp3) is 0.458. The van der Waals surface area contributed by atoms with E-state index in [0.717, 1.165) is 57.0 Å². The van der Waals surface area contributed by atoms with Gasteiger partial charge in [0.2, 0.25) is 5.91 Å². The standard InChI is InChI=1S/C24H31N3O2/c1-18-10-11-21-20(17-18)7-6-12-27(21)19(2)24(28)26-15-13-25(14-16-26)22-8-4-5-9-23(22)29-3/h4-5,8-11,17,19H,6-7,12-16H2,1-3H3/t19-/m1/s1. The molecular weight excluding hydrogens is 362 g/mol. The number of para-hydroxylation sites is 2. The third-order valence-electron chi connectivity index (χ3n) is 6.23. The summed E-state index contributed by atoms with van der Waals surface area (Å²) >= 11 is 0. The molecule has 5 nitrogen and oxygen atoms in total. The molecule has 2 aromatic rings. The van der Waals surface area contributed by atoms with Crippen molar-refractivity contribution in [2.75, 3.05) is 49.6 Å². The number of ether oxygens (including phenoxy) is 1. The molecular formula is C24H31N3O2. The van der Waals surface area contributed by atoms with E-state index in [1.165, 1.54) is 16.8 Å². The molecule has 2 aromatic carbocycles. The zero-order chi connectivity index (χ0) is 20.4. The van der Waals surface area contributed by atoms with Crippen molar-refractivity contribution < 1.29 is 9.53 Å². The van der Waals surface area contributed by atoms with Crippen molar-refractivity contribution in [3.63, 3.8) is 0 Å². The van der Waals surface area contributed by atoms with Gasteiger partial charge >= 0.3 is 0 Å². The Kier molecular flexibility index (Phi) is 5.65. The highest BCUT2D eigenvalue weighted by Gasteiger charge is 2.31. The molecule has 0 unspecified atom stereocenters. The number of carbonyl (C=O) groups excluding carboxylic acids is 1. The summed E-state index contributed by atoms with van der Waals surface area (Å²) in [7, 11) is 1.71. The van der Waals surface area contributed by atoms with Crippen molar-refractivity contribution in [2.45, 2.75) is 32.7 Å². The molecule has 5 heteroatoms. The number of hydrogen-bond acceptors (Lipinski definition) is 4. The number of piperazine rings is 1. The molecule has 0 radical (unpaired) electrons. The first kappa shape index (κ1) is 19.6. The highest BCUT2D eigenvalue weighted by molar-refractivity contribution is 5.86. The number of anilines is 2. The van der Waals surface area contributed by atoms with Gasteiger partial charge in [0, 0.05) is 38.4 Å². The zero-order valence-corrected chi connectivity index (χ0v) is 17.7. The van der Waals surface area contributed by atoms with E-state index < -0.39 is 0 Å². The zero-order valence-electron chi connectivity index (χ0n) is 17.7. The molecule has 4 rings (SSSR count). The lowest BCUT2D eigenvalue weighted by atomic mass is 9.98.